The monoisotopic (exact) mass is 545 g/mol. The van der Waals surface area contributed by atoms with Crippen LogP contribution in [0.3, 0.4) is 0 Å². The van der Waals surface area contributed by atoms with Crippen LogP contribution in [0, 0.1) is 0 Å². The second-order valence-electron chi connectivity index (χ2n) is 9.58. The van der Waals surface area contributed by atoms with Gasteiger partial charge in [-0.2, -0.15) is 0 Å². The summed E-state index contributed by atoms with van der Waals surface area (Å²) in [5.74, 6) is -0.00889. The first-order valence-corrected chi connectivity index (χ1v) is 14.9. The van der Waals surface area contributed by atoms with Crippen molar-refractivity contribution in [2.75, 3.05) is 31.3 Å². The van der Waals surface area contributed by atoms with Gasteiger partial charge in [0.15, 0.2) is 0 Å². The summed E-state index contributed by atoms with van der Waals surface area (Å²) in [5.41, 5.74) is 1.02. The van der Waals surface area contributed by atoms with Gasteiger partial charge in [0, 0.05) is 18.7 Å². The molecule has 3 rings (SSSR count). The average molecular weight is 546 g/mol. The molecule has 1 aliphatic carbocycles. The summed E-state index contributed by atoms with van der Waals surface area (Å²) in [4.78, 5) is 28.8. The van der Waals surface area contributed by atoms with Crippen molar-refractivity contribution < 1.29 is 27.5 Å². The molecule has 2 amide bonds. The molecular formula is C28H39N3O6S. The molecule has 208 valence electrons. The zero-order valence-corrected chi connectivity index (χ0v) is 23.5. The predicted octanol–water partition coefficient (Wildman–Crippen LogP) is 3.73. The number of benzene rings is 2. The molecule has 10 heteroatoms. The van der Waals surface area contributed by atoms with Gasteiger partial charge in [0.05, 0.1) is 26.2 Å². The molecule has 2 aromatic carbocycles. The number of nitrogens with one attached hydrogen (secondary N) is 1. The summed E-state index contributed by atoms with van der Waals surface area (Å²) >= 11 is 0. The first kappa shape index (κ1) is 29.3. The lowest BCUT2D eigenvalue weighted by Crippen LogP contribution is -2.54. The SMILES string of the molecule is CCC(C(=O)NC1CCCCC1)N(Cc1ccccc1)C(=O)CN(c1cc(OC)ccc1OC)S(C)(=O)=O. The van der Waals surface area contributed by atoms with Gasteiger partial charge >= 0.3 is 0 Å². The second kappa shape index (κ2) is 13.5. The minimum absolute atomic E-state index is 0.0903. The first-order chi connectivity index (χ1) is 18.2. The number of ether oxygens (including phenoxy) is 2. The van der Waals surface area contributed by atoms with Crippen LogP contribution in [-0.2, 0) is 26.2 Å². The third-order valence-corrected chi connectivity index (χ3v) is 7.99. The van der Waals surface area contributed by atoms with Crippen molar-refractivity contribution in [2.45, 2.75) is 64.1 Å². The van der Waals surface area contributed by atoms with Gasteiger partial charge < -0.3 is 19.7 Å². The Bertz CT molecular complexity index is 1180. The zero-order valence-electron chi connectivity index (χ0n) is 22.7. The van der Waals surface area contributed by atoms with E-state index in [1.54, 1.807) is 12.1 Å². The molecule has 1 unspecified atom stereocenters. The van der Waals surface area contributed by atoms with E-state index >= 15 is 0 Å². The molecule has 0 aromatic heterocycles. The van der Waals surface area contributed by atoms with Crippen molar-refractivity contribution in [1.82, 2.24) is 10.2 Å². The predicted molar refractivity (Wildman–Crippen MR) is 148 cm³/mol. The number of sulfonamides is 1. The molecule has 9 nitrogen and oxygen atoms in total. The Kier molecular flexibility index (Phi) is 10.4. The largest absolute Gasteiger partial charge is 0.497 e. The lowest BCUT2D eigenvalue weighted by Gasteiger charge is -2.34. The number of amides is 2. The fourth-order valence-corrected chi connectivity index (χ4v) is 5.68. The Morgan fingerprint density at radius 2 is 1.71 bits per heavy atom. The van der Waals surface area contributed by atoms with Crippen LogP contribution in [0.2, 0.25) is 0 Å². The van der Waals surface area contributed by atoms with E-state index in [0.29, 0.717) is 12.2 Å². The molecule has 38 heavy (non-hydrogen) atoms. The minimum Gasteiger partial charge on any atom is -0.497 e. The number of hydrogen-bond acceptors (Lipinski definition) is 6. The molecule has 2 aromatic rings. The van der Waals surface area contributed by atoms with Crippen molar-refractivity contribution in [3.05, 3.63) is 54.1 Å². The lowest BCUT2D eigenvalue weighted by molar-refractivity contribution is -0.140. The molecular weight excluding hydrogens is 506 g/mol. The van der Waals surface area contributed by atoms with E-state index in [-0.39, 0.29) is 29.9 Å². The van der Waals surface area contributed by atoms with Crippen LogP contribution in [0.1, 0.15) is 51.0 Å². The molecule has 0 spiro atoms. The summed E-state index contributed by atoms with van der Waals surface area (Å²) in [5, 5.41) is 3.14. The number of anilines is 1. The van der Waals surface area contributed by atoms with E-state index in [0.717, 1.165) is 48.2 Å². The number of hydrogen-bond donors (Lipinski definition) is 1. The smallest absolute Gasteiger partial charge is 0.244 e. The summed E-state index contributed by atoms with van der Waals surface area (Å²) in [6.07, 6.45) is 6.57. The number of methoxy groups -OCH3 is 2. The highest BCUT2D eigenvalue weighted by atomic mass is 32.2. The molecule has 0 radical (unpaired) electrons. The maximum atomic E-state index is 13.9. The van der Waals surface area contributed by atoms with Gasteiger partial charge in [-0.3, -0.25) is 13.9 Å². The van der Waals surface area contributed by atoms with Gasteiger partial charge in [-0.1, -0.05) is 56.5 Å². The van der Waals surface area contributed by atoms with Gasteiger partial charge in [-0.25, -0.2) is 8.42 Å². The van der Waals surface area contributed by atoms with Gasteiger partial charge in [0.25, 0.3) is 0 Å². The molecule has 0 heterocycles. The molecule has 0 bridgehead atoms. The van der Waals surface area contributed by atoms with Crippen LogP contribution in [0.4, 0.5) is 5.69 Å². The zero-order chi connectivity index (χ0) is 27.7. The number of rotatable bonds is 12. The average Bonchev–Trinajstić information content (AvgIpc) is 2.91. The fraction of sp³-hybridized carbons (Fsp3) is 0.500. The van der Waals surface area contributed by atoms with Crippen molar-refractivity contribution in [2.24, 2.45) is 0 Å². The van der Waals surface area contributed by atoms with E-state index in [9.17, 15) is 18.0 Å². The van der Waals surface area contributed by atoms with E-state index in [2.05, 4.69) is 5.32 Å². The van der Waals surface area contributed by atoms with E-state index < -0.39 is 28.5 Å². The van der Waals surface area contributed by atoms with Crippen molar-refractivity contribution >= 4 is 27.5 Å². The summed E-state index contributed by atoms with van der Waals surface area (Å²) in [7, 11) is -1.00. The lowest BCUT2D eigenvalue weighted by atomic mass is 9.95. The number of nitrogens with zero attached hydrogens (tertiary/aromatic N) is 2. The molecule has 1 aliphatic rings. The summed E-state index contributed by atoms with van der Waals surface area (Å²) in [6.45, 7) is 1.53. The Morgan fingerprint density at radius 1 is 1.03 bits per heavy atom. The summed E-state index contributed by atoms with van der Waals surface area (Å²) < 4.78 is 37.5. The highest BCUT2D eigenvalue weighted by Gasteiger charge is 2.33. The fourth-order valence-electron chi connectivity index (χ4n) is 4.83. The third kappa shape index (κ3) is 7.63. The standard InChI is InChI=1S/C28H39N3O6S/c1-5-24(28(33)29-22-14-10-7-11-15-22)30(19-21-12-8-6-9-13-21)27(32)20-31(38(4,34)35)25-18-23(36-2)16-17-26(25)37-3/h6,8-9,12-13,16-18,22,24H,5,7,10-11,14-15,19-20H2,1-4H3,(H,29,33). The second-order valence-corrected chi connectivity index (χ2v) is 11.5. The van der Waals surface area contributed by atoms with Crippen molar-refractivity contribution in [1.29, 1.82) is 0 Å². The molecule has 1 fully saturated rings. The van der Waals surface area contributed by atoms with Crippen LogP contribution in [0.25, 0.3) is 0 Å². The van der Waals surface area contributed by atoms with Crippen LogP contribution in [-0.4, -0.2) is 64.2 Å². The quantitative estimate of drug-likeness (QED) is 0.436. The minimum atomic E-state index is -3.90. The van der Waals surface area contributed by atoms with Crippen LogP contribution in [0.5, 0.6) is 11.5 Å². The van der Waals surface area contributed by atoms with Crippen LogP contribution in [0.15, 0.2) is 48.5 Å². The van der Waals surface area contributed by atoms with Gasteiger partial charge in [-0.05, 0) is 37.0 Å². The van der Waals surface area contributed by atoms with Gasteiger partial charge in [-0.15, -0.1) is 0 Å². The topological polar surface area (TPSA) is 105 Å². The van der Waals surface area contributed by atoms with E-state index in [1.165, 1.54) is 25.2 Å². The molecule has 0 saturated heterocycles. The van der Waals surface area contributed by atoms with Gasteiger partial charge in [0.2, 0.25) is 21.8 Å². The Labute approximate surface area is 226 Å². The van der Waals surface area contributed by atoms with Crippen molar-refractivity contribution in [3.8, 4) is 11.5 Å². The third-order valence-electron chi connectivity index (χ3n) is 6.87. The Hall–Kier alpha value is -3.27. The highest BCUT2D eigenvalue weighted by molar-refractivity contribution is 7.92. The van der Waals surface area contributed by atoms with Crippen LogP contribution < -0.4 is 19.1 Å². The maximum absolute atomic E-state index is 13.9. The highest BCUT2D eigenvalue weighted by Crippen LogP contribution is 2.34. The molecule has 0 aliphatic heterocycles. The van der Waals surface area contributed by atoms with E-state index in [4.69, 9.17) is 9.47 Å². The first-order valence-electron chi connectivity index (χ1n) is 13.0. The molecule has 1 saturated carbocycles. The maximum Gasteiger partial charge on any atom is 0.244 e. The normalized spacial score (nSPS) is 14.8. The summed E-state index contributed by atoms with van der Waals surface area (Å²) in [6, 6.07) is 13.5. The van der Waals surface area contributed by atoms with Crippen LogP contribution >= 0.6 is 0 Å². The van der Waals surface area contributed by atoms with Crippen molar-refractivity contribution in [3.63, 3.8) is 0 Å². The molecule has 1 N–H and O–H groups in total. The Balaban J connectivity index is 1.95. The van der Waals surface area contributed by atoms with Gasteiger partial charge in [0.1, 0.15) is 24.1 Å². The Morgan fingerprint density at radius 3 is 2.29 bits per heavy atom. The number of carbonyl (C=O) groups is 2. The van der Waals surface area contributed by atoms with E-state index in [1.807, 2.05) is 37.3 Å². The molecule has 1 atom stereocenters. The number of carbonyl (C=O) groups excluding carboxylic acids is 2.